The molecule has 4 aromatic carbocycles. The van der Waals surface area contributed by atoms with Crippen molar-refractivity contribution in [1.29, 1.82) is 0 Å². The van der Waals surface area contributed by atoms with E-state index in [0.29, 0.717) is 23.5 Å². The molecule has 0 radical (unpaired) electrons. The number of hydrogen-bond acceptors (Lipinski definition) is 10. The second-order valence-corrected chi connectivity index (χ2v) is 21.0. The number of nitrogens with zero attached hydrogens (tertiary/aromatic N) is 7. The van der Waals surface area contributed by atoms with Crippen molar-refractivity contribution in [2.75, 3.05) is 0 Å². The molecule has 9 aromatic rings. The number of aromatic nitrogens is 9. The van der Waals surface area contributed by atoms with Gasteiger partial charge in [0, 0.05) is 55.1 Å². The van der Waals surface area contributed by atoms with Crippen LogP contribution in [-0.4, -0.2) is 45.5 Å². The predicted octanol–water partition coefficient (Wildman–Crippen LogP) is 14.1. The van der Waals surface area contributed by atoms with E-state index in [1.54, 1.807) is 6.33 Å². The molecule has 0 saturated carbocycles. The van der Waals surface area contributed by atoms with Crippen molar-refractivity contribution < 1.29 is 14.2 Å². The van der Waals surface area contributed by atoms with Crippen LogP contribution in [0.3, 0.4) is 0 Å². The molecule has 12 nitrogen and oxygen atoms in total. The highest BCUT2D eigenvalue weighted by atomic mass is 16.5. The maximum atomic E-state index is 5.85. The average Bonchev–Trinajstić information content (AvgIpc) is 4.12. The molecular weight excluding hydrogens is 907 g/mol. The van der Waals surface area contributed by atoms with Gasteiger partial charge in [-0.15, -0.1) is 10.2 Å². The Hall–Kier alpha value is -7.99. The molecule has 0 aliphatic rings. The second kappa shape index (κ2) is 24.9. The smallest absolute Gasteiger partial charge is 0.219 e. The Kier molecular flexibility index (Phi) is 18.0. The van der Waals surface area contributed by atoms with Crippen LogP contribution in [0.5, 0.6) is 34.9 Å². The van der Waals surface area contributed by atoms with Crippen molar-refractivity contribution in [2.24, 2.45) is 0 Å². The van der Waals surface area contributed by atoms with Gasteiger partial charge in [-0.05, 0) is 124 Å². The van der Waals surface area contributed by atoms with Crippen molar-refractivity contribution in [1.82, 2.24) is 45.5 Å². The third-order valence-corrected chi connectivity index (χ3v) is 12.0. The third-order valence-electron chi connectivity index (χ3n) is 12.0. The number of nitrogens with one attached hydrogen (secondary N) is 2. The van der Waals surface area contributed by atoms with Crippen LogP contribution in [-0.2, 0) is 54.8 Å². The summed E-state index contributed by atoms with van der Waals surface area (Å²) in [5.41, 5.74) is 10.3. The highest BCUT2D eigenvalue weighted by Gasteiger charge is 2.16. The molecule has 0 fully saturated rings. The van der Waals surface area contributed by atoms with Gasteiger partial charge in [0.2, 0.25) is 17.6 Å². The van der Waals surface area contributed by atoms with Crippen molar-refractivity contribution in [2.45, 2.75) is 117 Å². The first kappa shape index (κ1) is 52.8. The monoisotopic (exact) mass is 976 g/mol. The van der Waals surface area contributed by atoms with Crippen LogP contribution in [0.2, 0.25) is 0 Å². The molecule has 0 spiro atoms. The number of ether oxygens (including phenoxy) is 3. The molecule has 0 unspecified atom stereocenters. The lowest BCUT2D eigenvalue weighted by Crippen LogP contribution is -2.10. The van der Waals surface area contributed by atoms with E-state index in [1.807, 2.05) is 91.5 Å². The standard InChI is InChI=1S/C23H25NO.C20H23N3O.C18H21N5O/c1-23(2,3)20-12-14-21(15-13-20)25-22-16-11-19(17-24-22)10-9-18-7-5-4-6-8-18;1-20(2,3)16-6-9-18(10-7-16)24-19-11-5-15(12-22-19)4-8-17-13-21-14-23-17;1-18(2,3)14-6-8-15(9-7-14)24-17-11-5-13(12-19-17)4-10-16-20-22-23-21-16/h4-8,11-17H,9-10H2,1-3H3;5-7,9-14H,4,8H2,1-3H3,(H,21,23);5-9,11-12H,4,10H2,1-3H3,(H,20,21,22,23). The van der Waals surface area contributed by atoms with E-state index < -0.39 is 0 Å². The molecule has 0 atom stereocenters. The summed E-state index contributed by atoms with van der Waals surface area (Å²) in [6.07, 6.45) is 14.6. The van der Waals surface area contributed by atoms with Gasteiger partial charge in [-0.1, -0.05) is 152 Å². The van der Waals surface area contributed by atoms with Gasteiger partial charge in [0.05, 0.1) is 6.33 Å². The largest absolute Gasteiger partial charge is 0.439 e. The van der Waals surface area contributed by atoms with Crippen LogP contribution in [0.1, 0.15) is 113 Å². The van der Waals surface area contributed by atoms with E-state index in [4.69, 9.17) is 14.2 Å². The maximum Gasteiger partial charge on any atom is 0.219 e. The van der Waals surface area contributed by atoms with Gasteiger partial charge in [-0.2, -0.15) is 5.21 Å². The lowest BCUT2D eigenvalue weighted by molar-refractivity contribution is 0.461. The molecule has 0 bridgehead atoms. The lowest BCUT2D eigenvalue weighted by atomic mass is 9.87. The Balaban J connectivity index is 0.000000160. The van der Waals surface area contributed by atoms with Gasteiger partial charge >= 0.3 is 0 Å². The molecule has 0 amide bonds. The number of aryl methyl sites for hydroxylation is 6. The van der Waals surface area contributed by atoms with Crippen molar-refractivity contribution in [3.63, 3.8) is 0 Å². The summed E-state index contributed by atoms with van der Waals surface area (Å²) in [6.45, 7) is 19.8. The SMILES string of the molecule is CC(C)(C)c1ccc(Oc2ccc(CCc3ccccc3)cn2)cc1.CC(C)(C)c1ccc(Oc2ccc(CCc3cnc[nH]3)cn2)cc1.CC(C)(C)c1ccc(Oc2ccc(CCc3nn[nH]n3)cn2)cc1. The first-order valence-electron chi connectivity index (χ1n) is 25.0. The van der Waals surface area contributed by atoms with Crippen LogP contribution in [0.4, 0.5) is 0 Å². The summed E-state index contributed by atoms with van der Waals surface area (Å²) in [5.74, 6) is 4.94. The van der Waals surface area contributed by atoms with E-state index in [-0.39, 0.29) is 16.2 Å². The third kappa shape index (κ3) is 17.4. The summed E-state index contributed by atoms with van der Waals surface area (Å²) in [4.78, 5) is 20.3. The number of imidazole rings is 1. The van der Waals surface area contributed by atoms with Gasteiger partial charge in [0.15, 0.2) is 5.82 Å². The normalized spacial score (nSPS) is 11.4. The van der Waals surface area contributed by atoms with Crippen molar-refractivity contribution >= 4 is 0 Å². The number of rotatable bonds is 15. The summed E-state index contributed by atoms with van der Waals surface area (Å²) >= 11 is 0. The average molecular weight is 976 g/mol. The lowest BCUT2D eigenvalue weighted by Gasteiger charge is -2.19. The zero-order valence-corrected chi connectivity index (χ0v) is 43.8. The fourth-order valence-electron chi connectivity index (χ4n) is 7.47. The molecule has 5 heterocycles. The molecule has 12 heteroatoms. The Morgan fingerprint density at radius 3 is 1.14 bits per heavy atom. The quantitative estimate of drug-likeness (QED) is 0.102. The van der Waals surface area contributed by atoms with Gasteiger partial charge in [0.25, 0.3) is 0 Å². The molecule has 0 saturated heterocycles. The molecular formula is C61H69N9O3. The van der Waals surface area contributed by atoms with E-state index in [1.165, 1.54) is 33.4 Å². The maximum absolute atomic E-state index is 5.85. The zero-order chi connectivity index (χ0) is 51.7. The fraction of sp³-hybridized carbons (Fsp3) is 0.295. The Labute approximate surface area is 431 Å². The number of H-pyrrole nitrogens is 2. The number of tetrazole rings is 1. The molecule has 0 aliphatic carbocycles. The molecule has 73 heavy (non-hydrogen) atoms. The number of hydrogen-bond donors (Lipinski definition) is 2. The summed E-state index contributed by atoms with van der Waals surface area (Å²) in [7, 11) is 0. The van der Waals surface area contributed by atoms with E-state index in [0.717, 1.165) is 67.0 Å². The highest BCUT2D eigenvalue weighted by molar-refractivity contribution is 5.36. The van der Waals surface area contributed by atoms with E-state index in [9.17, 15) is 0 Å². The predicted molar refractivity (Wildman–Crippen MR) is 290 cm³/mol. The van der Waals surface area contributed by atoms with Crippen molar-refractivity contribution in [3.8, 4) is 34.9 Å². The Morgan fingerprint density at radius 1 is 0.397 bits per heavy atom. The number of benzene rings is 4. The van der Waals surface area contributed by atoms with Crippen LogP contribution in [0, 0.1) is 0 Å². The summed E-state index contributed by atoms with van der Waals surface area (Å²) in [5, 5.41) is 13.9. The second-order valence-electron chi connectivity index (χ2n) is 21.0. The van der Waals surface area contributed by atoms with Crippen LogP contribution in [0.15, 0.2) is 171 Å². The van der Waals surface area contributed by atoms with Gasteiger partial charge in [-0.3, -0.25) is 0 Å². The zero-order valence-electron chi connectivity index (χ0n) is 43.8. The molecule has 376 valence electrons. The first-order chi connectivity index (χ1) is 35.0. The number of pyridine rings is 3. The molecule has 9 rings (SSSR count). The van der Waals surface area contributed by atoms with Gasteiger partial charge in [0.1, 0.15) is 17.2 Å². The molecule has 2 N–H and O–H groups in total. The number of aromatic amines is 2. The topological polar surface area (TPSA) is 150 Å². The molecule has 5 aromatic heterocycles. The van der Waals surface area contributed by atoms with Gasteiger partial charge < -0.3 is 19.2 Å². The van der Waals surface area contributed by atoms with Crippen LogP contribution < -0.4 is 14.2 Å². The minimum atomic E-state index is 0.136. The first-order valence-corrected chi connectivity index (χ1v) is 25.0. The van der Waals surface area contributed by atoms with Crippen LogP contribution >= 0.6 is 0 Å². The summed E-state index contributed by atoms with van der Waals surface area (Å²) < 4.78 is 17.5. The summed E-state index contributed by atoms with van der Waals surface area (Å²) in [6, 6.07) is 47.0. The minimum Gasteiger partial charge on any atom is -0.439 e. The fourth-order valence-corrected chi connectivity index (χ4v) is 7.47. The van der Waals surface area contributed by atoms with Gasteiger partial charge in [-0.25, -0.2) is 19.9 Å². The Bertz CT molecular complexity index is 2820. The van der Waals surface area contributed by atoms with E-state index in [2.05, 4.69) is 181 Å². The minimum absolute atomic E-state index is 0.136. The van der Waals surface area contributed by atoms with Crippen LogP contribution in [0.25, 0.3) is 0 Å². The van der Waals surface area contributed by atoms with E-state index >= 15 is 0 Å². The Morgan fingerprint density at radius 2 is 0.795 bits per heavy atom. The highest BCUT2D eigenvalue weighted by Crippen LogP contribution is 2.29. The van der Waals surface area contributed by atoms with Crippen molar-refractivity contribution in [3.05, 3.63) is 221 Å². The molecule has 0 aliphatic heterocycles.